The molecule has 0 fully saturated rings. The molecule has 0 spiro atoms. The summed E-state index contributed by atoms with van der Waals surface area (Å²) in [6.07, 6.45) is 4.35. The first kappa shape index (κ1) is 14.1. The molecule has 5 nitrogen and oxygen atoms in total. The Morgan fingerprint density at radius 1 is 1.38 bits per heavy atom. The molecule has 0 bridgehead atoms. The highest BCUT2D eigenvalue weighted by molar-refractivity contribution is 6.33. The Labute approximate surface area is 128 Å². The summed E-state index contributed by atoms with van der Waals surface area (Å²) in [5.41, 5.74) is 3.26. The molecule has 3 heterocycles. The first-order valence-corrected chi connectivity index (χ1v) is 7.22. The van der Waals surface area contributed by atoms with Crippen LogP contribution in [0.15, 0.2) is 18.5 Å². The van der Waals surface area contributed by atoms with E-state index < -0.39 is 0 Å². The highest BCUT2D eigenvalue weighted by Gasteiger charge is 2.32. The van der Waals surface area contributed by atoms with E-state index in [0.717, 1.165) is 24.1 Å². The number of carbonyl (C=O) groups excluding carboxylic acids is 1. The standard InChI is InChI=1S/C15H17ClN4O/c1-9(21)19-14-4-10(12(16)7-17-14)11-6-18-20-8-15(2,3)5-13(11)20/h4,6-7H,5,8H2,1-3H3,(H,17,19,21). The average molecular weight is 305 g/mol. The number of anilines is 1. The van der Waals surface area contributed by atoms with Crippen molar-refractivity contribution in [3.8, 4) is 11.1 Å². The van der Waals surface area contributed by atoms with E-state index in [1.54, 1.807) is 12.3 Å². The topological polar surface area (TPSA) is 59.8 Å². The Bertz CT molecular complexity index is 720. The minimum Gasteiger partial charge on any atom is -0.311 e. The van der Waals surface area contributed by atoms with Crippen molar-refractivity contribution < 1.29 is 4.79 Å². The lowest BCUT2D eigenvalue weighted by Crippen LogP contribution is -2.12. The zero-order chi connectivity index (χ0) is 15.2. The van der Waals surface area contributed by atoms with Gasteiger partial charge in [-0.1, -0.05) is 25.4 Å². The molecule has 6 heteroatoms. The molecule has 110 valence electrons. The molecule has 1 N–H and O–H groups in total. The van der Waals surface area contributed by atoms with Crippen LogP contribution in [-0.2, 0) is 17.8 Å². The van der Waals surface area contributed by atoms with Crippen LogP contribution < -0.4 is 5.32 Å². The van der Waals surface area contributed by atoms with Gasteiger partial charge in [0, 0.05) is 36.5 Å². The lowest BCUT2D eigenvalue weighted by Gasteiger charge is -2.14. The van der Waals surface area contributed by atoms with Gasteiger partial charge < -0.3 is 5.32 Å². The fraction of sp³-hybridized carbons (Fsp3) is 0.400. The van der Waals surface area contributed by atoms with E-state index in [1.165, 1.54) is 12.6 Å². The van der Waals surface area contributed by atoms with Gasteiger partial charge in [-0.2, -0.15) is 5.10 Å². The third kappa shape index (κ3) is 2.65. The lowest BCUT2D eigenvalue weighted by molar-refractivity contribution is -0.114. The molecule has 0 aromatic carbocycles. The quantitative estimate of drug-likeness (QED) is 0.927. The van der Waals surface area contributed by atoms with Gasteiger partial charge in [0.15, 0.2) is 0 Å². The van der Waals surface area contributed by atoms with Crippen molar-refractivity contribution in [3.63, 3.8) is 0 Å². The smallest absolute Gasteiger partial charge is 0.222 e. The largest absolute Gasteiger partial charge is 0.311 e. The fourth-order valence-electron chi connectivity index (χ4n) is 2.77. The summed E-state index contributed by atoms with van der Waals surface area (Å²) in [5, 5.41) is 7.69. The number of amides is 1. The van der Waals surface area contributed by atoms with E-state index in [1.807, 2.05) is 10.9 Å². The fourth-order valence-corrected chi connectivity index (χ4v) is 2.97. The van der Waals surface area contributed by atoms with Crippen molar-refractivity contribution in [2.45, 2.75) is 33.7 Å². The summed E-state index contributed by atoms with van der Waals surface area (Å²) in [4.78, 5) is 15.3. The zero-order valence-corrected chi connectivity index (χ0v) is 13.0. The molecule has 0 saturated carbocycles. The number of nitrogens with one attached hydrogen (secondary N) is 1. The van der Waals surface area contributed by atoms with Crippen LogP contribution in [0.25, 0.3) is 11.1 Å². The van der Waals surface area contributed by atoms with Crippen LogP contribution >= 0.6 is 11.6 Å². The van der Waals surface area contributed by atoms with Gasteiger partial charge in [-0.05, 0) is 17.9 Å². The number of aromatic nitrogens is 3. The summed E-state index contributed by atoms with van der Waals surface area (Å²) >= 11 is 6.28. The van der Waals surface area contributed by atoms with E-state index >= 15 is 0 Å². The summed E-state index contributed by atoms with van der Waals surface area (Å²) in [5.74, 6) is 0.344. The van der Waals surface area contributed by atoms with Gasteiger partial charge in [0.1, 0.15) is 5.82 Å². The van der Waals surface area contributed by atoms with Crippen molar-refractivity contribution in [3.05, 3.63) is 29.2 Å². The normalized spacial score (nSPS) is 15.8. The van der Waals surface area contributed by atoms with Crippen molar-refractivity contribution in [1.29, 1.82) is 0 Å². The predicted octanol–water partition coefficient (Wildman–Crippen LogP) is 3.14. The molecule has 21 heavy (non-hydrogen) atoms. The van der Waals surface area contributed by atoms with Crippen molar-refractivity contribution in [2.24, 2.45) is 5.41 Å². The molecular weight excluding hydrogens is 288 g/mol. The Morgan fingerprint density at radius 2 is 2.14 bits per heavy atom. The number of halogens is 1. The van der Waals surface area contributed by atoms with E-state index in [0.29, 0.717) is 10.8 Å². The van der Waals surface area contributed by atoms with Gasteiger partial charge >= 0.3 is 0 Å². The van der Waals surface area contributed by atoms with Crippen LogP contribution in [0.1, 0.15) is 26.5 Å². The van der Waals surface area contributed by atoms with Gasteiger partial charge in [0.05, 0.1) is 11.2 Å². The Hall–Kier alpha value is -1.88. The molecule has 0 aliphatic carbocycles. The summed E-state index contributed by atoms with van der Waals surface area (Å²) < 4.78 is 2.03. The Morgan fingerprint density at radius 3 is 2.86 bits per heavy atom. The molecule has 0 saturated heterocycles. The van der Waals surface area contributed by atoms with Gasteiger partial charge in [-0.3, -0.25) is 9.48 Å². The summed E-state index contributed by atoms with van der Waals surface area (Å²) in [6, 6.07) is 1.80. The van der Waals surface area contributed by atoms with Crippen LogP contribution in [0.4, 0.5) is 5.82 Å². The molecule has 1 aliphatic rings. The maximum atomic E-state index is 11.2. The highest BCUT2D eigenvalue weighted by Crippen LogP contribution is 2.39. The van der Waals surface area contributed by atoms with Gasteiger partial charge in [-0.15, -0.1) is 0 Å². The first-order valence-electron chi connectivity index (χ1n) is 6.84. The summed E-state index contributed by atoms with van der Waals surface area (Å²) in [6.45, 7) is 6.81. The first-order chi connectivity index (χ1) is 9.85. The van der Waals surface area contributed by atoms with E-state index in [9.17, 15) is 4.79 Å². The highest BCUT2D eigenvalue weighted by atomic mass is 35.5. The predicted molar refractivity (Wildman–Crippen MR) is 82.3 cm³/mol. The third-order valence-corrected chi connectivity index (χ3v) is 3.92. The van der Waals surface area contributed by atoms with Gasteiger partial charge in [0.25, 0.3) is 0 Å². The second kappa shape index (κ2) is 4.84. The minimum absolute atomic E-state index is 0.155. The van der Waals surface area contributed by atoms with Crippen LogP contribution in [-0.4, -0.2) is 20.7 Å². The summed E-state index contributed by atoms with van der Waals surface area (Å²) in [7, 11) is 0. The Balaban J connectivity index is 2.04. The number of fused-ring (bicyclic) bond motifs is 1. The number of nitrogens with zero attached hydrogens (tertiary/aromatic N) is 3. The zero-order valence-electron chi connectivity index (χ0n) is 12.3. The number of carbonyl (C=O) groups is 1. The lowest BCUT2D eigenvalue weighted by atomic mass is 9.89. The van der Waals surface area contributed by atoms with Crippen LogP contribution in [0.2, 0.25) is 5.02 Å². The van der Waals surface area contributed by atoms with Gasteiger partial charge in [0.2, 0.25) is 5.91 Å². The second-order valence-electron chi connectivity index (χ2n) is 6.23. The Kier molecular flexibility index (Phi) is 3.24. The SMILES string of the molecule is CC(=O)Nc1cc(-c2cnn3c2CC(C)(C)C3)c(Cl)cn1. The average Bonchev–Trinajstić information content (AvgIpc) is 2.86. The molecule has 0 atom stereocenters. The maximum absolute atomic E-state index is 11.2. The molecule has 1 aliphatic heterocycles. The molecule has 1 amide bonds. The number of pyridine rings is 1. The van der Waals surface area contributed by atoms with Crippen molar-refractivity contribution >= 4 is 23.3 Å². The second-order valence-corrected chi connectivity index (χ2v) is 6.64. The van der Waals surface area contributed by atoms with Crippen LogP contribution in [0.5, 0.6) is 0 Å². The van der Waals surface area contributed by atoms with Crippen molar-refractivity contribution in [1.82, 2.24) is 14.8 Å². The number of hydrogen-bond acceptors (Lipinski definition) is 3. The monoisotopic (exact) mass is 304 g/mol. The molecule has 2 aromatic rings. The van der Waals surface area contributed by atoms with E-state index in [4.69, 9.17) is 11.6 Å². The van der Waals surface area contributed by atoms with Crippen molar-refractivity contribution in [2.75, 3.05) is 5.32 Å². The third-order valence-electron chi connectivity index (χ3n) is 3.62. The van der Waals surface area contributed by atoms with E-state index in [-0.39, 0.29) is 11.3 Å². The molecular formula is C15H17ClN4O. The minimum atomic E-state index is -0.155. The number of rotatable bonds is 2. The maximum Gasteiger partial charge on any atom is 0.222 e. The van der Waals surface area contributed by atoms with Gasteiger partial charge in [-0.25, -0.2) is 4.98 Å². The van der Waals surface area contributed by atoms with E-state index in [2.05, 4.69) is 29.2 Å². The molecule has 3 rings (SSSR count). The molecule has 0 radical (unpaired) electrons. The van der Waals surface area contributed by atoms with Crippen LogP contribution in [0.3, 0.4) is 0 Å². The molecule has 2 aromatic heterocycles. The number of hydrogen-bond donors (Lipinski definition) is 1. The van der Waals surface area contributed by atoms with Crippen LogP contribution in [0, 0.1) is 5.41 Å². The molecule has 0 unspecified atom stereocenters.